The van der Waals surface area contributed by atoms with Crippen LogP contribution in [0, 0.1) is 0 Å². The standard InChI is InChI=1S/C16H14N2O8/c19-11-6-7-18(14(21)17-11)13-16(23)15(22,26-16)10(25-13)8-24-12(20)9-4-2-1-3-5-9/h1-7,10,13,22-23H,8H2,(H,17,19,21)/t10-,13+,15-,16+/m1/s1. The van der Waals surface area contributed by atoms with Crippen LogP contribution in [0.1, 0.15) is 16.6 Å². The minimum absolute atomic E-state index is 0.304. The van der Waals surface area contributed by atoms with Crippen LogP contribution in [0.4, 0.5) is 0 Å². The number of aromatic nitrogens is 2. The van der Waals surface area contributed by atoms with E-state index < -0.39 is 47.7 Å². The Kier molecular flexibility index (Phi) is 3.59. The summed E-state index contributed by atoms with van der Waals surface area (Å²) < 4.78 is 16.4. The highest BCUT2D eigenvalue weighted by Crippen LogP contribution is 2.60. The zero-order chi connectivity index (χ0) is 18.5. The smallest absolute Gasteiger partial charge is 0.338 e. The van der Waals surface area contributed by atoms with Crippen LogP contribution in [0.5, 0.6) is 0 Å². The number of nitrogens with one attached hydrogen (secondary N) is 1. The molecule has 0 unspecified atom stereocenters. The molecule has 0 saturated carbocycles. The number of hydrogen-bond donors (Lipinski definition) is 3. The van der Waals surface area contributed by atoms with Crippen molar-refractivity contribution in [3.05, 3.63) is 69.0 Å². The first kappa shape index (κ1) is 16.7. The van der Waals surface area contributed by atoms with Crippen LogP contribution in [0.15, 0.2) is 52.2 Å². The first-order valence-electron chi connectivity index (χ1n) is 7.69. The van der Waals surface area contributed by atoms with Gasteiger partial charge in [-0.05, 0) is 12.1 Å². The van der Waals surface area contributed by atoms with E-state index in [-0.39, 0.29) is 0 Å². The molecule has 1 aromatic heterocycles. The highest BCUT2D eigenvalue weighted by molar-refractivity contribution is 5.89. The molecule has 26 heavy (non-hydrogen) atoms. The Hall–Kier alpha value is -2.79. The fraction of sp³-hybridized carbons (Fsp3) is 0.312. The summed E-state index contributed by atoms with van der Waals surface area (Å²) in [5, 5.41) is 20.8. The molecule has 4 atom stereocenters. The molecule has 1 aromatic carbocycles. The third kappa shape index (κ3) is 2.39. The van der Waals surface area contributed by atoms with Crippen LogP contribution in [0.2, 0.25) is 0 Å². The van der Waals surface area contributed by atoms with Gasteiger partial charge in [0.1, 0.15) is 6.61 Å². The Labute approximate surface area is 145 Å². The van der Waals surface area contributed by atoms with E-state index >= 15 is 0 Å². The number of nitrogens with zero attached hydrogens (tertiary/aromatic N) is 1. The maximum Gasteiger partial charge on any atom is 0.338 e. The first-order valence-corrected chi connectivity index (χ1v) is 7.69. The average molecular weight is 362 g/mol. The van der Waals surface area contributed by atoms with Crippen LogP contribution >= 0.6 is 0 Å². The minimum Gasteiger partial charge on any atom is -0.459 e. The van der Waals surface area contributed by atoms with Crippen molar-refractivity contribution in [2.24, 2.45) is 0 Å². The summed E-state index contributed by atoms with van der Waals surface area (Å²) in [5.74, 6) is -4.98. The van der Waals surface area contributed by atoms with Crippen molar-refractivity contribution in [2.45, 2.75) is 23.9 Å². The van der Waals surface area contributed by atoms with E-state index in [0.29, 0.717) is 5.56 Å². The van der Waals surface area contributed by atoms with Gasteiger partial charge in [-0.25, -0.2) is 9.59 Å². The lowest BCUT2D eigenvalue weighted by Crippen LogP contribution is -2.38. The molecule has 0 amide bonds. The predicted molar refractivity (Wildman–Crippen MR) is 82.9 cm³/mol. The Morgan fingerprint density at radius 1 is 1.19 bits per heavy atom. The number of ether oxygens (including phenoxy) is 3. The normalized spacial score (nSPS) is 32.1. The molecule has 136 valence electrons. The lowest BCUT2D eigenvalue weighted by molar-refractivity contribution is -0.182. The number of fused-ring (bicyclic) bond motifs is 1. The first-order chi connectivity index (χ1) is 12.3. The van der Waals surface area contributed by atoms with Crippen molar-refractivity contribution >= 4 is 5.97 Å². The van der Waals surface area contributed by atoms with E-state index in [4.69, 9.17) is 14.2 Å². The van der Waals surface area contributed by atoms with Crippen molar-refractivity contribution in [1.82, 2.24) is 9.55 Å². The zero-order valence-electron chi connectivity index (χ0n) is 13.2. The van der Waals surface area contributed by atoms with Crippen molar-refractivity contribution in [2.75, 3.05) is 6.61 Å². The predicted octanol–water partition coefficient (Wildman–Crippen LogP) is -1.30. The maximum atomic E-state index is 12.0. The van der Waals surface area contributed by atoms with Crippen LogP contribution in [0.25, 0.3) is 0 Å². The third-order valence-electron chi connectivity index (χ3n) is 4.33. The highest BCUT2D eigenvalue weighted by atomic mass is 16.9. The fourth-order valence-electron chi connectivity index (χ4n) is 2.90. The number of epoxide rings is 1. The minimum atomic E-state index is -2.20. The van der Waals surface area contributed by atoms with E-state index in [1.54, 1.807) is 30.3 Å². The summed E-state index contributed by atoms with van der Waals surface area (Å²) in [7, 11) is 0. The summed E-state index contributed by atoms with van der Waals surface area (Å²) in [6, 6.07) is 9.23. The molecule has 2 fully saturated rings. The molecule has 3 heterocycles. The monoisotopic (exact) mass is 362 g/mol. The summed E-state index contributed by atoms with van der Waals surface area (Å²) in [5.41, 5.74) is -1.18. The second-order valence-electron chi connectivity index (χ2n) is 5.95. The Bertz CT molecular complexity index is 970. The molecule has 4 rings (SSSR count). The van der Waals surface area contributed by atoms with Crippen LogP contribution in [0.3, 0.4) is 0 Å². The molecule has 2 saturated heterocycles. The van der Waals surface area contributed by atoms with Gasteiger partial charge in [-0.2, -0.15) is 0 Å². The lowest BCUT2D eigenvalue weighted by atomic mass is 10.1. The largest absolute Gasteiger partial charge is 0.459 e. The molecule has 10 nitrogen and oxygen atoms in total. The van der Waals surface area contributed by atoms with Crippen molar-refractivity contribution in [1.29, 1.82) is 0 Å². The van der Waals surface area contributed by atoms with Crippen molar-refractivity contribution < 1.29 is 29.2 Å². The quantitative estimate of drug-likeness (QED) is 0.450. The Morgan fingerprint density at radius 2 is 1.92 bits per heavy atom. The Balaban J connectivity index is 1.52. The van der Waals surface area contributed by atoms with Crippen molar-refractivity contribution in [3.8, 4) is 0 Å². The fourth-order valence-corrected chi connectivity index (χ4v) is 2.90. The highest BCUT2D eigenvalue weighted by Gasteiger charge is 2.84. The molecule has 2 aliphatic heterocycles. The second-order valence-corrected chi connectivity index (χ2v) is 5.95. The number of hydrogen-bond acceptors (Lipinski definition) is 8. The Morgan fingerprint density at radius 3 is 2.62 bits per heavy atom. The van der Waals surface area contributed by atoms with Crippen LogP contribution < -0.4 is 11.2 Å². The number of esters is 1. The van der Waals surface area contributed by atoms with E-state index in [2.05, 4.69) is 0 Å². The molecular weight excluding hydrogens is 348 g/mol. The van der Waals surface area contributed by atoms with E-state index in [1.165, 1.54) is 0 Å². The van der Waals surface area contributed by atoms with Gasteiger partial charge in [0.05, 0.1) is 5.56 Å². The lowest BCUT2D eigenvalue weighted by Gasteiger charge is -2.20. The van der Waals surface area contributed by atoms with Gasteiger partial charge in [-0.3, -0.25) is 14.3 Å². The topological polar surface area (TPSA) is 143 Å². The maximum absolute atomic E-state index is 12.0. The van der Waals surface area contributed by atoms with E-state index in [0.717, 1.165) is 16.8 Å². The SMILES string of the molecule is O=C(OC[C@H]1O[C@H](n2ccc(=O)[nH]c2=O)[C@]2(O)O[C@]12O)c1ccccc1. The van der Waals surface area contributed by atoms with Gasteiger partial charge in [0.25, 0.3) is 17.1 Å². The molecule has 0 bridgehead atoms. The molecule has 0 radical (unpaired) electrons. The number of H-pyrrole nitrogens is 1. The number of carbonyl (C=O) groups excluding carboxylic acids is 1. The molecular formula is C16H14N2O8. The summed E-state index contributed by atoms with van der Waals surface area (Å²) in [6.45, 7) is -0.416. The van der Waals surface area contributed by atoms with Crippen LogP contribution in [-0.2, 0) is 14.2 Å². The number of aromatic amines is 1. The molecule has 2 aliphatic rings. The van der Waals surface area contributed by atoms with Gasteiger partial charge < -0.3 is 24.4 Å². The van der Waals surface area contributed by atoms with Crippen LogP contribution in [-0.4, -0.2) is 50.0 Å². The molecule has 2 aromatic rings. The summed E-state index contributed by atoms with van der Waals surface area (Å²) in [6.07, 6.45) is -1.55. The van der Waals surface area contributed by atoms with E-state index in [1.807, 2.05) is 4.98 Å². The van der Waals surface area contributed by atoms with Gasteiger partial charge in [-0.15, -0.1) is 0 Å². The van der Waals surface area contributed by atoms with Gasteiger partial charge in [0.2, 0.25) is 0 Å². The van der Waals surface area contributed by atoms with Gasteiger partial charge in [0, 0.05) is 12.3 Å². The van der Waals surface area contributed by atoms with Gasteiger partial charge >= 0.3 is 11.7 Å². The molecule has 0 aliphatic carbocycles. The van der Waals surface area contributed by atoms with Crippen molar-refractivity contribution in [3.63, 3.8) is 0 Å². The number of aliphatic hydroxyl groups is 2. The number of carbonyl (C=O) groups is 1. The van der Waals surface area contributed by atoms with Gasteiger partial charge in [-0.1, -0.05) is 18.2 Å². The number of rotatable bonds is 4. The molecule has 10 heteroatoms. The van der Waals surface area contributed by atoms with E-state index in [9.17, 15) is 24.6 Å². The third-order valence-corrected chi connectivity index (χ3v) is 4.33. The van der Waals surface area contributed by atoms with Gasteiger partial charge in [0.15, 0.2) is 12.3 Å². The molecule has 0 spiro atoms. The second kappa shape index (κ2) is 5.61. The molecule has 3 N–H and O–H groups in total. The number of benzene rings is 1. The average Bonchev–Trinajstić information content (AvgIpc) is 3.12. The summed E-state index contributed by atoms with van der Waals surface area (Å²) >= 11 is 0. The zero-order valence-corrected chi connectivity index (χ0v) is 13.2. The summed E-state index contributed by atoms with van der Waals surface area (Å²) in [4.78, 5) is 37.0.